The molecule has 1 aromatic rings. The van der Waals surface area contributed by atoms with Gasteiger partial charge in [-0.05, 0) is 30.5 Å². The van der Waals surface area contributed by atoms with E-state index in [2.05, 4.69) is 5.32 Å². The van der Waals surface area contributed by atoms with Crippen molar-refractivity contribution in [1.29, 1.82) is 0 Å². The highest BCUT2D eigenvalue weighted by Gasteiger charge is 2.16. The van der Waals surface area contributed by atoms with E-state index in [4.69, 9.17) is 23.2 Å². The van der Waals surface area contributed by atoms with Crippen LogP contribution in [0.4, 0.5) is 5.69 Å². The minimum absolute atomic E-state index is 0.0334. The number of hydrogen-bond acceptors (Lipinski definition) is 1. The van der Waals surface area contributed by atoms with Gasteiger partial charge in [-0.25, -0.2) is 0 Å². The molecule has 18 heavy (non-hydrogen) atoms. The first kappa shape index (κ1) is 13.7. The number of carbonyl (C=O) groups excluding carboxylic acids is 1. The largest absolute Gasteiger partial charge is 0.325 e. The summed E-state index contributed by atoms with van der Waals surface area (Å²) in [6, 6.07) is 5.09. The molecule has 4 heteroatoms. The Balaban J connectivity index is 1.82. The predicted molar refractivity (Wildman–Crippen MR) is 76.3 cm³/mol. The molecule has 1 aliphatic carbocycles. The molecule has 1 aromatic carbocycles. The van der Waals surface area contributed by atoms with E-state index in [0.29, 0.717) is 22.2 Å². The first-order chi connectivity index (χ1) is 8.65. The van der Waals surface area contributed by atoms with Crippen molar-refractivity contribution in [3.63, 3.8) is 0 Å². The summed E-state index contributed by atoms with van der Waals surface area (Å²) >= 11 is 11.8. The highest BCUT2D eigenvalue weighted by atomic mass is 35.5. The monoisotopic (exact) mass is 285 g/mol. The molecule has 0 aromatic heterocycles. The topological polar surface area (TPSA) is 29.1 Å². The number of nitrogens with one attached hydrogen (secondary N) is 1. The lowest BCUT2D eigenvalue weighted by Gasteiger charge is -2.10. The molecule has 0 aliphatic heterocycles. The first-order valence-corrected chi connectivity index (χ1v) is 7.15. The van der Waals surface area contributed by atoms with Crippen molar-refractivity contribution in [2.24, 2.45) is 5.92 Å². The molecule has 1 saturated carbocycles. The minimum atomic E-state index is 0.0334. The Bertz CT molecular complexity index is 428. The molecule has 0 heterocycles. The smallest absolute Gasteiger partial charge is 0.224 e. The summed E-state index contributed by atoms with van der Waals surface area (Å²) in [6.07, 6.45) is 6.73. The lowest BCUT2D eigenvalue weighted by molar-refractivity contribution is -0.116. The van der Waals surface area contributed by atoms with Crippen LogP contribution in [0.3, 0.4) is 0 Å². The van der Waals surface area contributed by atoms with Gasteiger partial charge in [0.15, 0.2) is 0 Å². The Morgan fingerprint density at radius 3 is 2.67 bits per heavy atom. The summed E-state index contributed by atoms with van der Waals surface area (Å²) in [7, 11) is 0. The fraction of sp³-hybridized carbons (Fsp3) is 0.500. The maximum absolute atomic E-state index is 11.8. The Morgan fingerprint density at radius 2 is 2.00 bits per heavy atom. The molecule has 98 valence electrons. The van der Waals surface area contributed by atoms with E-state index in [9.17, 15) is 4.79 Å². The third-order valence-corrected chi connectivity index (χ3v) is 4.01. The fourth-order valence-electron chi connectivity index (χ4n) is 2.44. The van der Waals surface area contributed by atoms with Crippen molar-refractivity contribution in [2.45, 2.75) is 38.5 Å². The molecule has 0 atom stereocenters. The molecule has 1 amide bonds. The molecule has 0 spiro atoms. The van der Waals surface area contributed by atoms with Crippen molar-refractivity contribution < 1.29 is 4.79 Å². The van der Waals surface area contributed by atoms with Crippen LogP contribution in [0, 0.1) is 5.92 Å². The molecule has 1 aliphatic rings. The van der Waals surface area contributed by atoms with Gasteiger partial charge in [-0.1, -0.05) is 48.9 Å². The Kier molecular flexibility index (Phi) is 4.90. The summed E-state index contributed by atoms with van der Waals surface area (Å²) < 4.78 is 0. The zero-order valence-corrected chi connectivity index (χ0v) is 11.7. The summed E-state index contributed by atoms with van der Waals surface area (Å²) in [5.74, 6) is 0.766. The van der Waals surface area contributed by atoms with E-state index in [1.54, 1.807) is 18.2 Å². The van der Waals surface area contributed by atoms with E-state index < -0.39 is 0 Å². The van der Waals surface area contributed by atoms with Crippen LogP contribution >= 0.6 is 23.2 Å². The standard InChI is InChI=1S/C14H17Cl2NO/c15-11-6-7-13(12(16)9-11)17-14(18)8-5-10-3-1-2-4-10/h6-7,9-10H,1-5,8H2,(H,17,18). The number of anilines is 1. The van der Waals surface area contributed by atoms with E-state index in [1.807, 2.05) is 0 Å². The third kappa shape index (κ3) is 3.89. The van der Waals surface area contributed by atoms with Gasteiger partial charge in [-0.2, -0.15) is 0 Å². The van der Waals surface area contributed by atoms with Crippen molar-refractivity contribution in [1.82, 2.24) is 0 Å². The highest BCUT2D eigenvalue weighted by Crippen LogP contribution is 2.29. The van der Waals surface area contributed by atoms with E-state index in [0.717, 1.165) is 12.3 Å². The van der Waals surface area contributed by atoms with Crippen molar-refractivity contribution in [3.8, 4) is 0 Å². The van der Waals surface area contributed by atoms with Gasteiger partial charge in [0, 0.05) is 11.4 Å². The van der Waals surface area contributed by atoms with Gasteiger partial charge in [0.1, 0.15) is 0 Å². The molecule has 2 rings (SSSR count). The molecule has 1 N–H and O–H groups in total. The fourth-order valence-corrected chi connectivity index (χ4v) is 2.89. The van der Waals surface area contributed by atoms with Gasteiger partial charge in [-0.15, -0.1) is 0 Å². The number of halogens is 2. The summed E-state index contributed by atoms with van der Waals surface area (Å²) in [6.45, 7) is 0. The molecular weight excluding hydrogens is 269 g/mol. The van der Waals surface area contributed by atoms with E-state index in [1.165, 1.54) is 25.7 Å². The lowest BCUT2D eigenvalue weighted by atomic mass is 10.0. The van der Waals surface area contributed by atoms with E-state index in [-0.39, 0.29) is 5.91 Å². The highest BCUT2D eigenvalue weighted by molar-refractivity contribution is 6.36. The number of amides is 1. The number of hydrogen-bond donors (Lipinski definition) is 1. The summed E-state index contributed by atoms with van der Waals surface area (Å²) in [5.41, 5.74) is 0.637. The number of rotatable bonds is 4. The van der Waals surface area contributed by atoms with Crippen LogP contribution < -0.4 is 5.32 Å². The molecule has 0 radical (unpaired) electrons. The Hall–Kier alpha value is -0.730. The second-order valence-corrected chi connectivity index (χ2v) is 5.71. The van der Waals surface area contributed by atoms with Gasteiger partial charge in [-0.3, -0.25) is 4.79 Å². The van der Waals surface area contributed by atoms with Crippen LogP contribution in [0.15, 0.2) is 18.2 Å². The number of benzene rings is 1. The van der Waals surface area contributed by atoms with Crippen LogP contribution in [0.1, 0.15) is 38.5 Å². The average Bonchev–Trinajstić information content (AvgIpc) is 2.83. The van der Waals surface area contributed by atoms with Gasteiger partial charge >= 0.3 is 0 Å². The first-order valence-electron chi connectivity index (χ1n) is 6.40. The lowest BCUT2D eigenvalue weighted by Crippen LogP contribution is -2.13. The van der Waals surface area contributed by atoms with Crippen LogP contribution in [-0.2, 0) is 4.79 Å². The van der Waals surface area contributed by atoms with Crippen molar-refractivity contribution in [3.05, 3.63) is 28.2 Å². The second-order valence-electron chi connectivity index (χ2n) is 4.86. The normalized spacial score (nSPS) is 15.9. The van der Waals surface area contributed by atoms with Crippen LogP contribution in [-0.4, -0.2) is 5.91 Å². The molecule has 0 unspecified atom stereocenters. The Morgan fingerprint density at radius 1 is 1.28 bits per heavy atom. The summed E-state index contributed by atoms with van der Waals surface area (Å²) in [4.78, 5) is 11.8. The minimum Gasteiger partial charge on any atom is -0.325 e. The maximum Gasteiger partial charge on any atom is 0.224 e. The number of carbonyl (C=O) groups is 1. The van der Waals surface area contributed by atoms with Crippen LogP contribution in [0.2, 0.25) is 10.0 Å². The molecule has 0 bridgehead atoms. The van der Waals surface area contributed by atoms with Crippen LogP contribution in [0.25, 0.3) is 0 Å². The van der Waals surface area contributed by atoms with E-state index >= 15 is 0 Å². The summed E-state index contributed by atoms with van der Waals surface area (Å²) in [5, 5.41) is 3.89. The van der Waals surface area contributed by atoms with Crippen molar-refractivity contribution >= 4 is 34.8 Å². The zero-order valence-electron chi connectivity index (χ0n) is 10.2. The molecular formula is C14H17Cl2NO. The Labute approximate surface area is 118 Å². The van der Waals surface area contributed by atoms with Gasteiger partial charge in [0.2, 0.25) is 5.91 Å². The average molecular weight is 286 g/mol. The zero-order chi connectivity index (χ0) is 13.0. The molecule has 2 nitrogen and oxygen atoms in total. The van der Waals surface area contributed by atoms with Gasteiger partial charge < -0.3 is 5.32 Å². The predicted octanol–water partition coefficient (Wildman–Crippen LogP) is 4.90. The quantitative estimate of drug-likeness (QED) is 0.837. The van der Waals surface area contributed by atoms with Gasteiger partial charge in [0.25, 0.3) is 0 Å². The van der Waals surface area contributed by atoms with Crippen LogP contribution in [0.5, 0.6) is 0 Å². The molecule has 1 fully saturated rings. The van der Waals surface area contributed by atoms with Crippen molar-refractivity contribution in [2.75, 3.05) is 5.32 Å². The van der Waals surface area contributed by atoms with Gasteiger partial charge in [0.05, 0.1) is 10.7 Å². The SMILES string of the molecule is O=C(CCC1CCCC1)Nc1ccc(Cl)cc1Cl. The second kappa shape index (κ2) is 6.44. The third-order valence-electron chi connectivity index (χ3n) is 3.46. The molecule has 0 saturated heterocycles. The maximum atomic E-state index is 11.8.